The van der Waals surface area contributed by atoms with Crippen LogP contribution in [0.25, 0.3) is 0 Å². The Morgan fingerprint density at radius 2 is 2.00 bits per heavy atom. The molecule has 1 atom stereocenters. The van der Waals surface area contributed by atoms with Gasteiger partial charge in [-0.1, -0.05) is 37.3 Å². The van der Waals surface area contributed by atoms with Crippen molar-refractivity contribution >= 4 is 18.3 Å². The highest BCUT2D eigenvalue weighted by Crippen LogP contribution is 2.47. The highest BCUT2D eigenvalue weighted by Gasteiger charge is 2.40. The number of rotatable bonds is 5. The van der Waals surface area contributed by atoms with E-state index in [0.717, 1.165) is 18.5 Å². The SMILES string of the molecule is CCC1(CNC(=O)C(N)c2ccccc2)CC1.Cl. The molecule has 3 N–H and O–H groups in total. The van der Waals surface area contributed by atoms with Crippen LogP contribution in [-0.4, -0.2) is 12.5 Å². The molecule has 1 aromatic rings. The Kier molecular flexibility index (Phi) is 5.17. The number of halogens is 1. The second kappa shape index (κ2) is 6.21. The summed E-state index contributed by atoms with van der Waals surface area (Å²) in [6.45, 7) is 2.94. The zero-order valence-corrected chi connectivity index (χ0v) is 11.5. The van der Waals surface area contributed by atoms with Gasteiger partial charge >= 0.3 is 0 Å². The molecule has 18 heavy (non-hydrogen) atoms. The standard InChI is InChI=1S/C14H20N2O.ClH/c1-2-14(8-9-14)10-16-13(17)12(15)11-6-4-3-5-7-11;/h3-7,12H,2,8-10,15H2,1H3,(H,16,17);1H. The van der Waals surface area contributed by atoms with E-state index in [2.05, 4.69) is 12.2 Å². The maximum Gasteiger partial charge on any atom is 0.241 e. The zero-order valence-electron chi connectivity index (χ0n) is 10.7. The Morgan fingerprint density at radius 3 is 2.50 bits per heavy atom. The molecule has 1 fully saturated rings. The van der Waals surface area contributed by atoms with Crippen LogP contribution in [0.5, 0.6) is 0 Å². The lowest BCUT2D eigenvalue weighted by atomic mass is 10.0. The molecular weight excluding hydrogens is 248 g/mol. The fraction of sp³-hybridized carbons (Fsp3) is 0.500. The molecule has 100 valence electrons. The highest BCUT2D eigenvalue weighted by atomic mass is 35.5. The van der Waals surface area contributed by atoms with E-state index in [9.17, 15) is 4.79 Å². The smallest absolute Gasteiger partial charge is 0.241 e. The molecular formula is C14H21ClN2O. The average molecular weight is 269 g/mol. The molecule has 1 aliphatic rings. The quantitative estimate of drug-likeness (QED) is 0.862. The molecule has 0 radical (unpaired) electrons. The van der Waals surface area contributed by atoms with Crippen LogP contribution in [0.4, 0.5) is 0 Å². The third-order valence-corrected chi connectivity index (χ3v) is 3.79. The predicted molar refractivity (Wildman–Crippen MR) is 75.6 cm³/mol. The van der Waals surface area contributed by atoms with Crippen molar-refractivity contribution in [3.63, 3.8) is 0 Å². The van der Waals surface area contributed by atoms with Crippen molar-refractivity contribution < 1.29 is 4.79 Å². The Bertz CT molecular complexity index is 390. The van der Waals surface area contributed by atoms with Crippen LogP contribution in [-0.2, 0) is 4.79 Å². The van der Waals surface area contributed by atoms with Crippen LogP contribution in [0.1, 0.15) is 37.8 Å². The lowest BCUT2D eigenvalue weighted by Gasteiger charge is -2.16. The molecule has 0 aromatic heterocycles. The van der Waals surface area contributed by atoms with Gasteiger partial charge in [0.2, 0.25) is 5.91 Å². The van der Waals surface area contributed by atoms with Crippen molar-refractivity contribution in [2.45, 2.75) is 32.2 Å². The summed E-state index contributed by atoms with van der Waals surface area (Å²) in [7, 11) is 0. The minimum Gasteiger partial charge on any atom is -0.354 e. The number of hydrogen-bond acceptors (Lipinski definition) is 2. The molecule has 4 heteroatoms. The largest absolute Gasteiger partial charge is 0.354 e. The number of carbonyl (C=O) groups is 1. The van der Waals surface area contributed by atoms with Gasteiger partial charge in [0, 0.05) is 6.54 Å². The van der Waals surface area contributed by atoms with Gasteiger partial charge in [-0.05, 0) is 30.2 Å². The van der Waals surface area contributed by atoms with Crippen LogP contribution < -0.4 is 11.1 Å². The fourth-order valence-corrected chi connectivity index (χ4v) is 2.03. The fourth-order valence-electron chi connectivity index (χ4n) is 2.03. The first kappa shape index (κ1) is 15.0. The lowest BCUT2D eigenvalue weighted by molar-refractivity contribution is -0.122. The maximum absolute atomic E-state index is 11.9. The van der Waals surface area contributed by atoms with Crippen LogP contribution in [0, 0.1) is 5.41 Å². The van der Waals surface area contributed by atoms with E-state index in [1.54, 1.807) is 0 Å². The van der Waals surface area contributed by atoms with Crippen LogP contribution >= 0.6 is 12.4 Å². The van der Waals surface area contributed by atoms with Gasteiger partial charge < -0.3 is 11.1 Å². The summed E-state index contributed by atoms with van der Waals surface area (Å²) in [5.74, 6) is -0.0732. The topological polar surface area (TPSA) is 55.1 Å². The van der Waals surface area contributed by atoms with E-state index in [4.69, 9.17) is 5.73 Å². The van der Waals surface area contributed by atoms with E-state index in [1.807, 2.05) is 30.3 Å². The minimum atomic E-state index is -0.552. The number of nitrogens with one attached hydrogen (secondary N) is 1. The third-order valence-electron chi connectivity index (χ3n) is 3.79. The van der Waals surface area contributed by atoms with Crippen molar-refractivity contribution in [3.05, 3.63) is 35.9 Å². The molecule has 1 aliphatic carbocycles. The predicted octanol–water partition coefficient (Wildman–Crippen LogP) is 2.41. The Balaban J connectivity index is 0.00000162. The molecule has 2 rings (SSSR count). The molecule has 1 saturated carbocycles. The maximum atomic E-state index is 11.9. The second-order valence-corrected chi connectivity index (χ2v) is 4.96. The Morgan fingerprint density at radius 1 is 1.39 bits per heavy atom. The van der Waals surface area contributed by atoms with Gasteiger partial charge in [-0.25, -0.2) is 0 Å². The van der Waals surface area contributed by atoms with Crippen molar-refractivity contribution in [1.82, 2.24) is 5.32 Å². The molecule has 0 heterocycles. The number of carbonyl (C=O) groups excluding carboxylic acids is 1. The average Bonchev–Trinajstić information content (AvgIpc) is 3.17. The van der Waals surface area contributed by atoms with Crippen molar-refractivity contribution in [2.75, 3.05) is 6.54 Å². The van der Waals surface area contributed by atoms with E-state index < -0.39 is 6.04 Å². The molecule has 3 nitrogen and oxygen atoms in total. The van der Waals surface area contributed by atoms with Gasteiger partial charge in [-0.2, -0.15) is 0 Å². The van der Waals surface area contributed by atoms with Gasteiger partial charge in [0.15, 0.2) is 0 Å². The molecule has 0 aliphatic heterocycles. The number of hydrogen-bond donors (Lipinski definition) is 2. The molecule has 0 saturated heterocycles. The Labute approximate surface area is 115 Å². The first-order valence-electron chi connectivity index (χ1n) is 6.25. The van der Waals surface area contributed by atoms with Crippen LogP contribution in [0.3, 0.4) is 0 Å². The molecule has 0 bridgehead atoms. The van der Waals surface area contributed by atoms with Crippen LogP contribution in [0.15, 0.2) is 30.3 Å². The summed E-state index contributed by atoms with van der Waals surface area (Å²) >= 11 is 0. The first-order valence-corrected chi connectivity index (χ1v) is 6.25. The lowest BCUT2D eigenvalue weighted by Crippen LogP contribution is -2.37. The van der Waals surface area contributed by atoms with Gasteiger partial charge in [0.1, 0.15) is 6.04 Å². The van der Waals surface area contributed by atoms with Crippen LogP contribution in [0.2, 0.25) is 0 Å². The second-order valence-electron chi connectivity index (χ2n) is 4.96. The normalized spacial score (nSPS) is 17.4. The monoisotopic (exact) mass is 268 g/mol. The molecule has 1 unspecified atom stereocenters. The zero-order chi connectivity index (χ0) is 12.3. The first-order chi connectivity index (χ1) is 8.17. The summed E-state index contributed by atoms with van der Waals surface area (Å²) in [4.78, 5) is 11.9. The van der Waals surface area contributed by atoms with Crippen molar-refractivity contribution in [3.8, 4) is 0 Å². The van der Waals surface area contributed by atoms with Gasteiger partial charge in [0.05, 0.1) is 0 Å². The summed E-state index contributed by atoms with van der Waals surface area (Å²) in [5, 5.41) is 2.97. The minimum absolute atomic E-state index is 0. The van der Waals surface area contributed by atoms with E-state index >= 15 is 0 Å². The van der Waals surface area contributed by atoms with Gasteiger partial charge in [-0.3, -0.25) is 4.79 Å². The summed E-state index contributed by atoms with van der Waals surface area (Å²) in [6, 6.07) is 8.94. The van der Waals surface area contributed by atoms with Gasteiger partial charge in [0.25, 0.3) is 0 Å². The highest BCUT2D eigenvalue weighted by molar-refractivity contribution is 5.85. The summed E-state index contributed by atoms with van der Waals surface area (Å²) in [5.41, 5.74) is 7.15. The van der Waals surface area contributed by atoms with E-state index in [0.29, 0.717) is 5.41 Å². The van der Waals surface area contributed by atoms with Gasteiger partial charge in [-0.15, -0.1) is 12.4 Å². The third kappa shape index (κ3) is 3.47. The number of nitrogens with two attached hydrogens (primary N) is 1. The van der Waals surface area contributed by atoms with E-state index in [1.165, 1.54) is 12.8 Å². The van der Waals surface area contributed by atoms with E-state index in [-0.39, 0.29) is 18.3 Å². The molecule has 1 aromatic carbocycles. The number of amides is 1. The summed E-state index contributed by atoms with van der Waals surface area (Å²) < 4.78 is 0. The van der Waals surface area contributed by atoms with Crippen molar-refractivity contribution in [2.24, 2.45) is 11.1 Å². The molecule has 1 amide bonds. The van der Waals surface area contributed by atoms with Crippen molar-refractivity contribution in [1.29, 1.82) is 0 Å². The number of benzene rings is 1. The Hall–Kier alpha value is -1.06. The summed E-state index contributed by atoms with van der Waals surface area (Å²) in [6.07, 6.45) is 3.59. The molecule has 0 spiro atoms.